The zero-order valence-corrected chi connectivity index (χ0v) is 21.7. The standard InChI is InChI=1S/C27H24N6O2S2/c1-35-22-12-7-8-19(16-22)25-31-32-27(33(25)21-10-3-2-4-11-21)37-18-24-30-23(17-36-24)26(34)29-15-13-20-9-5-6-14-28-20/h2-12,14,16-17H,13,15,18H2,1H3,(H,29,34). The molecule has 5 aromatic rings. The number of thioether (sulfide) groups is 1. The first-order valence-corrected chi connectivity index (χ1v) is 13.5. The Bertz CT molecular complexity index is 1470. The van der Waals surface area contributed by atoms with Crippen molar-refractivity contribution >= 4 is 29.0 Å². The van der Waals surface area contributed by atoms with Gasteiger partial charge in [-0.25, -0.2) is 4.98 Å². The summed E-state index contributed by atoms with van der Waals surface area (Å²) in [5.41, 5.74) is 3.22. The molecule has 0 radical (unpaired) electrons. The fourth-order valence-electron chi connectivity index (χ4n) is 3.67. The third kappa shape index (κ3) is 6.04. The number of rotatable bonds is 10. The Morgan fingerprint density at radius 1 is 1.05 bits per heavy atom. The molecule has 2 aromatic carbocycles. The van der Waals surface area contributed by atoms with Gasteiger partial charge in [0.25, 0.3) is 5.91 Å². The fraction of sp³-hybridized carbons (Fsp3) is 0.148. The fourth-order valence-corrected chi connectivity index (χ4v) is 5.41. The Morgan fingerprint density at radius 2 is 1.92 bits per heavy atom. The van der Waals surface area contributed by atoms with E-state index < -0.39 is 0 Å². The Labute approximate surface area is 222 Å². The molecule has 1 amide bonds. The minimum Gasteiger partial charge on any atom is -0.497 e. The normalized spacial score (nSPS) is 10.8. The van der Waals surface area contributed by atoms with E-state index in [4.69, 9.17) is 4.74 Å². The highest BCUT2D eigenvalue weighted by molar-refractivity contribution is 7.98. The van der Waals surface area contributed by atoms with Crippen LogP contribution in [-0.2, 0) is 12.2 Å². The lowest BCUT2D eigenvalue weighted by Crippen LogP contribution is -2.26. The van der Waals surface area contributed by atoms with E-state index in [0.29, 0.717) is 24.4 Å². The van der Waals surface area contributed by atoms with Crippen LogP contribution in [0.25, 0.3) is 17.1 Å². The van der Waals surface area contributed by atoms with Crippen LogP contribution in [0.1, 0.15) is 21.2 Å². The average Bonchev–Trinajstić information content (AvgIpc) is 3.60. The van der Waals surface area contributed by atoms with Crippen molar-refractivity contribution in [2.45, 2.75) is 17.3 Å². The second-order valence-electron chi connectivity index (χ2n) is 7.95. The Hall–Kier alpha value is -4.02. The van der Waals surface area contributed by atoms with E-state index in [0.717, 1.165) is 38.7 Å². The lowest BCUT2D eigenvalue weighted by atomic mass is 10.2. The number of hydrogen-bond acceptors (Lipinski definition) is 8. The summed E-state index contributed by atoms with van der Waals surface area (Å²) < 4.78 is 7.42. The summed E-state index contributed by atoms with van der Waals surface area (Å²) >= 11 is 2.98. The van der Waals surface area contributed by atoms with Gasteiger partial charge in [-0.1, -0.05) is 48.2 Å². The van der Waals surface area contributed by atoms with Gasteiger partial charge in [0.05, 0.1) is 12.9 Å². The highest BCUT2D eigenvalue weighted by atomic mass is 32.2. The van der Waals surface area contributed by atoms with E-state index in [2.05, 4.69) is 25.5 Å². The Morgan fingerprint density at radius 3 is 2.73 bits per heavy atom. The molecule has 0 saturated carbocycles. The smallest absolute Gasteiger partial charge is 0.270 e. The highest BCUT2D eigenvalue weighted by Crippen LogP contribution is 2.31. The lowest BCUT2D eigenvalue weighted by molar-refractivity contribution is 0.0949. The SMILES string of the molecule is COc1cccc(-c2nnc(SCc3nc(C(=O)NCCc4ccccn4)cs3)n2-c2ccccc2)c1. The number of thiazole rings is 1. The molecular weight excluding hydrogens is 504 g/mol. The number of nitrogens with zero attached hydrogens (tertiary/aromatic N) is 5. The van der Waals surface area contributed by atoms with Gasteiger partial charge < -0.3 is 10.1 Å². The van der Waals surface area contributed by atoms with Crippen LogP contribution in [0.5, 0.6) is 5.75 Å². The third-order valence-electron chi connectivity index (χ3n) is 5.48. The van der Waals surface area contributed by atoms with Gasteiger partial charge in [-0.05, 0) is 36.4 Å². The molecule has 1 N–H and O–H groups in total. The van der Waals surface area contributed by atoms with Crippen LogP contribution in [0.4, 0.5) is 0 Å². The number of amides is 1. The van der Waals surface area contributed by atoms with Crippen LogP contribution in [-0.4, -0.2) is 44.3 Å². The molecule has 0 unspecified atom stereocenters. The molecule has 0 spiro atoms. The van der Waals surface area contributed by atoms with Gasteiger partial charge in [0.2, 0.25) is 0 Å². The molecule has 37 heavy (non-hydrogen) atoms. The van der Waals surface area contributed by atoms with Crippen molar-refractivity contribution in [1.29, 1.82) is 0 Å². The second-order valence-corrected chi connectivity index (χ2v) is 9.84. The van der Waals surface area contributed by atoms with Gasteiger partial charge in [-0.15, -0.1) is 21.5 Å². The van der Waals surface area contributed by atoms with Crippen LogP contribution < -0.4 is 10.1 Å². The molecule has 3 aromatic heterocycles. The Kier molecular flexibility index (Phi) is 7.87. The van der Waals surface area contributed by atoms with Gasteiger partial charge in [-0.2, -0.15) is 0 Å². The maximum Gasteiger partial charge on any atom is 0.270 e. The zero-order valence-electron chi connectivity index (χ0n) is 20.1. The highest BCUT2D eigenvalue weighted by Gasteiger charge is 2.18. The summed E-state index contributed by atoms with van der Waals surface area (Å²) in [6.45, 7) is 0.505. The van der Waals surface area contributed by atoms with E-state index in [9.17, 15) is 4.79 Å². The number of pyridine rings is 1. The number of carbonyl (C=O) groups excluding carboxylic acids is 1. The number of nitrogens with one attached hydrogen (secondary N) is 1. The van der Waals surface area contributed by atoms with Gasteiger partial charge in [0, 0.05) is 41.5 Å². The molecule has 0 aliphatic rings. The zero-order chi connectivity index (χ0) is 25.5. The second kappa shape index (κ2) is 11.8. The summed E-state index contributed by atoms with van der Waals surface area (Å²) in [6, 6.07) is 23.5. The van der Waals surface area contributed by atoms with Crippen LogP contribution >= 0.6 is 23.1 Å². The first kappa shape index (κ1) is 24.7. The van der Waals surface area contributed by atoms with Gasteiger partial charge in [0.1, 0.15) is 16.5 Å². The summed E-state index contributed by atoms with van der Waals surface area (Å²) in [4.78, 5) is 21.4. The molecule has 0 fully saturated rings. The van der Waals surface area contributed by atoms with Crippen molar-refractivity contribution < 1.29 is 9.53 Å². The molecule has 0 saturated heterocycles. The quantitative estimate of drug-likeness (QED) is 0.253. The van der Waals surface area contributed by atoms with Crippen molar-refractivity contribution in [2.75, 3.05) is 13.7 Å². The van der Waals surface area contributed by atoms with Crippen LogP contribution in [0.15, 0.2) is 89.5 Å². The molecular formula is C27H24N6O2S2. The predicted octanol–water partition coefficient (Wildman–Crippen LogP) is 5.06. The van der Waals surface area contributed by atoms with Crippen molar-refractivity contribution in [1.82, 2.24) is 30.0 Å². The molecule has 0 aliphatic heterocycles. The van der Waals surface area contributed by atoms with Gasteiger partial charge in [0.15, 0.2) is 11.0 Å². The van der Waals surface area contributed by atoms with Gasteiger partial charge >= 0.3 is 0 Å². The van der Waals surface area contributed by atoms with Crippen molar-refractivity contribution in [3.05, 3.63) is 101 Å². The average molecular weight is 529 g/mol. The maximum atomic E-state index is 12.5. The topological polar surface area (TPSA) is 94.8 Å². The number of hydrogen-bond donors (Lipinski definition) is 1. The van der Waals surface area contributed by atoms with Crippen LogP contribution in [0.2, 0.25) is 0 Å². The lowest BCUT2D eigenvalue weighted by Gasteiger charge is -2.10. The number of para-hydroxylation sites is 1. The first-order chi connectivity index (χ1) is 18.2. The van der Waals surface area contributed by atoms with Crippen LogP contribution in [0.3, 0.4) is 0 Å². The van der Waals surface area contributed by atoms with Crippen molar-refractivity contribution in [3.63, 3.8) is 0 Å². The number of carbonyl (C=O) groups is 1. The van der Waals surface area contributed by atoms with E-state index in [1.807, 2.05) is 77.4 Å². The summed E-state index contributed by atoms with van der Waals surface area (Å²) in [7, 11) is 1.64. The molecule has 8 nitrogen and oxygen atoms in total. The molecule has 0 atom stereocenters. The Balaban J connectivity index is 1.29. The minimum atomic E-state index is -0.184. The minimum absolute atomic E-state index is 0.184. The monoisotopic (exact) mass is 528 g/mol. The molecule has 3 heterocycles. The predicted molar refractivity (Wildman–Crippen MR) is 145 cm³/mol. The number of aromatic nitrogens is 5. The molecule has 0 bridgehead atoms. The third-order valence-corrected chi connectivity index (χ3v) is 7.45. The van der Waals surface area contributed by atoms with Crippen molar-refractivity contribution in [2.24, 2.45) is 0 Å². The summed E-state index contributed by atoms with van der Waals surface area (Å²) in [5.74, 6) is 1.86. The van der Waals surface area contributed by atoms with Crippen molar-refractivity contribution in [3.8, 4) is 22.8 Å². The summed E-state index contributed by atoms with van der Waals surface area (Å²) in [6.07, 6.45) is 2.42. The maximum absolute atomic E-state index is 12.5. The molecule has 0 aliphatic carbocycles. The summed E-state index contributed by atoms with van der Waals surface area (Å²) in [5, 5.41) is 15.3. The van der Waals surface area contributed by atoms with E-state index in [1.54, 1.807) is 18.7 Å². The van der Waals surface area contributed by atoms with Gasteiger partial charge in [-0.3, -0.25) is 14.3 Å². The van der Waals surface area contributed by atoms with E-state index in [-0.39, 0.29) is 5.91 Å². The van der Waals surface area contributed by atoms with E-state index >= 15 is 0 Å². The number of methoxy groups -OCH3 is 1. The largest absolute Gasteiger partial charge is 0.497 e. The number of benzene rings is 2. The molecule has 5 rings (SSSR count). The first-order valence-electron chi connectivity index (χ1n) is 11.6. The molecule has 10 heteroatoms. The molecule has 186 valence electrons. The van der Waals surface area contributed by atoms with Crippen LogP contribution in [0, 0.1) is 0 Å². The number of ether oxygens (including phenoxy) is 1. The van der Waals surface area contributed by atoms with E-state index in [1.165, 1.54) is 23.1 Å².